The first kappa shape index (κ1) is 10.7. The number of anilines is 1. The van der Waals surface area contributed by atoms with Crippen LogP contribution in [0.1, 0.15) is 24.2 Å². The first-order valence-electron chi connectivity index (χ1n) is 4.47. The lowest BCUT2D eigenvalue weighted by molar-refractivity contribution is 0.101. The van der Waals surface area contributed by atoms with Crippen molar-refractivity contribution < 1.29 is 9.90 Å². The van der Waals surface area contributed by atoms with Crippen LogP contribution in [0.25, 0.3) is 0 Å². The largest absolute Gasteiger partial charge is 0.392 e. The van der Waals surface area contributed by atoms with Crippen molar-refractivity contribution >= 4 is 11.5 Å². The minimum absolute atomic E-state index is 0.0156. The zero-order chi connectivity index (χ0) is 10.6. The van der Waals surface area contributed by atoms with E-state index in [1.165, 1.54) is 13.1 Å². The highest BCUT2D eigenvalue weighted by molar-refractivity contribution is 5.94. The average molecular weight is 194 g/mol. The lowest BCUT2D eigenvalue weighted by Crippen LogP contribution is -2.15. The molecule has 76 valence electrons. The third-order valence-electron chi connectivity index (χ3n) is 1.75. The molecule has 1 heterocycles. The van der Waals surface area contributed by atoms with Crippen LogP contribution in [-0.2, 0) is 0 Å². The molecule has 0 fully saturated rings. The smallest absolute Gasteiger partial charge is 0.161 e. The van der Waals surface area contributed by atoms with Crippen molar-refractivity contribution in [3.8, 4) is 0 Å². The summed E-state index contributed by atoms with van der Waals surface area (Å²) < 4.78 is 0. The monoisotopic (exact) mass is 194 g/mol. The predicted molar refractivity (Wildman–Crippen MR) is 54.4 cm³/mol. The molecule has 0 aromatic carbocycles. The molecule has 0 saturated carbocycles. The Morgan fingerprint density at radius 1 is 1.64 bits per heavy atom. The SMILES string of the molecule is CC(=O)c1cncc(NCC(C)O)c1. The van der Waals surface area contributed by atoms with Gasteiger partial charge in [0.05, 0.1) is 11.8 Å². The first-order chi connectivity index (χ1) is 6.59. The van der Waals surface area contributed by atoms with Gasteiger partial charge in [-0.2, -0.15) is 0 Å². The first-order valence-corrected chi connectivity index (χ1v) is 4.47. The van der Waals surface area contributed by atoms with Gasteiger partial charge in [0.1, 0.15) is 0 Å². The molecule has 4 heteroatoms. The maximum atomic E-state index is 11.0. The number of aliphatic hydroxyl groups excluding tert-OH is 1. The van der Waals surface area contributed by atoms with Gasteiger partial charge in [-0.3, -0.25) is 9.78 Å². The number of hydrogen-bond donors (Lipinski definition) is 2. The molecular weight excluding hydrogens is 180 g/mol. The van der Waals surface area contributed by atoms with Crippen LogP contribution in [0.4, 0.5) is 5.69 Å². The van der Waals surface area contributed by atoms with Gasteiger partial charge in [0, 0.05) is 24.5 Å². The Morgan fingerprint density at radius 3 is 2.93 bits per heavy atom. The van der Waals surface area contributed by atoms with E-state index in [9.17, 15) is 4.79 Å². The van der Waals surface area contributed by atoms with Crippen molar-refractivity contribution in [1.82, 2.24) is 4.98 Å². The second-order valence-electron chi connectivity index (χ2n) is 3.25. The molecule has 0 aliphatic carbocycles. The molecule has 0 bridgehead atoms. The van der Waals surface area contributed by atoms with Gasteiger partial charge in [-0.25, -0.2) is 0 Å². The van der Waals surface area contributed by atoms with Crippen LogP contribution in [0.3, 0.4) is 0 Å². The molecule has 14 heavy (non-hydrogen) atoms. The standard InChI is InChI=1S/C10H14N2O2/c1-7(13)4-12-10-3-9(8(2)14)5-11-6-10/h3,5-7,12-13H,4H2,1-2H3. The van der Waals surface area contributed by atoms with Crippen LogP contribution < -0.4 is 5.32 Å². The molecule has 1 aromatic rings. The zero-order valence-electron chi connectivity index (χ0n) is 8.32. The van der Waals surface area contributed by atoms with Crippen LogP contribution in [-0.4, -0.2) is 28.5 Å². The third-order valence-corrected chi connectivity index (χ3v) is 1.75. The Bertz CT molecular complexity index is 324. The summed E-state index contributed by atoms with van der Waals surface area (Å²) >= 11 is 0. The van der Waals surface area contributed by atoms with Crippen molar-refractivity contribution in [3.63, 3.8) is 0 Å². The number of rotatable bonds is 4. The molecule has 0 saturated heterocycles. The van der Waals surface area contributed by atoms with E-state index in [0.717, 1.165) is 5.69 Å². The summed E-state index contributed by atoms with van der Waals surface area (Å²) in [6.07, 6.45) is 2.72. The number of ketones is 1. The van der Waals surface area contributed by atoms with Crippen molar-refractivity contribution in [2.75, 3.05) is 11.9 Å². The summed E-state index contributed by atoms with van der Waals surface area (Å²) in [5.41, 5.74) is 1.32. The van der Waals surface area contributed by atoms with Crippen LogP contribution in [0, 0.1) is 0 Å². The van der Waals surface area contributed by atoms with E-state index < -0.39 is 6.10 Å². The molecule has 0 spiro atoms. The third kappa shape index (κ3) is 3.14. The maximum absolute atomic E-state index is 11.0. The molecule has 0 aliphatic rings. The van der Waals surface area contributed by atoms with E-state index in [4.69, 9.17) is 5.11 Å². The number of carbonyl (C=O) groups is 1. The fourth-order valence-corrected chi connectivity index (χ4v) is 0.995. The normalized spacial score (nSPS) is 12.2. The Balaban J connectivity index is 2.69. The molecule has 2 N–H and O–H groups in total. The van der Waals surface area contributed by atoms with E-state index in [1.54, 1.807) is 19.2 Å². The number of hydrogen-bond acceptors (Lipinski definition) is 4. The molecule has 0 amide bonds. The molecule has 1 aromatic heterocycles. The fourth-order valence-electron chi connectivity index (χ4n) is 0.995. The van der Waals surface area contributed by atoms with E-state index in [0.29, 0.717) is 12.1 Å². The van der Waals surface area contributed by atoms with E-state index in [2.05, 4.69) is 10.3 Å². The van der Waals surface area contributed by atoms with Gasteiger partial charge in [-0.05, 0) is 19.9 Å². The number of nitrogens with zero attached hydrogens (tertiary/aromatic N) is 1. The molecule has 0 aliphatic heterocycles. The predicted octanol–water partition coefficient (Wildman–Crippen LogP) is 1.08. The van der Waals surface area contributed by atoms with Gasteiger partial charge in [-0.15, -0.1) is 0 Å². The Hall–Kier alpha value is -1.42. The number of Topliss-reactive ketones (excluding diaryl/α,β-unsaturated/α-hetero) is 1. The number of nitrogens with one attached hydrogen (secondary N) is 1. The van der Waals surface area contributed by atoms with Gasteiger partial charge in [0.2, 0.25) is 0 Å². The summed E-state index contributed by atoms with van der Waals surface area (Å²) in [5.74, 6) is -0.0156. The van der Waals surface area contributed by atoms with Crippen LogP contribution in [0.15, 0.2) is 18.5 Å². The van der Waals surface area contributed by atoms with Gasteiger partial charge in [0.25, 0.3) is 0 Å². The number of aliphatic hydroxyl groups is 1. The fraction of sp³-hybridized carbons (Fsp3) is 0.400. The second kappa shape index (κ2) is 4.72. The topological polar surface area (TPSA) is 62.2 Å². The number of carbonyl (C=O) groups excluding carboxylic acids is 1. The minimum atomic E-state index is -0.420. The Kier molecular flexibility index (Phi) is 3.59. The second-order valence-corrected chi connectivity index (χ2v) is 3.25. The minimum Gasteiger partial charge on any atom is -0.392 e. The lowest BCUT2D eigenvalue weighted by Gasteiger charge is -2.08. The Morgan fingerprint density at radius 2 is 2.36 bits per heavy atom. The van der Waals surface area contributed by atoms with E-state index in [1.807, 2.05) is 0 Å². The quantitative estimate of drug-likeness (QED) is 0.704. The molecule has 1 unspecified atom stereocenters. The summed E-state index contributed by atoms with van der Waals surface area (Å²) in [6, 6.07) is 1.72. The van der Waals surface area contributed by atoms with E-state index in [-0.39, 0.29) is 5.78 Å². The van der Waals surface area contributed by atoms with Crippen LogP contribution in [0.2, 0.25) is 0 Å². The molecule has 0 radical (unpaired) electrons. The lowest BCUT2D eigenvalue weighted by atomic mass is 10.2. The summed E-state index contributed by atoms with van der Waals surface area (Å²) in [7, 11) is 0. The molecule has 1 atom stereocenters. The van der Waals surface area contributed by atoms with Crippen molar-refractivity contribution in [2.45, 2.75) is 20.0 Å². The van der Waals surface area contributed by atoms with Crippen molar-refractivity contribution in [1.29, 1.82) is 0 Å². The maximum Gasteiger partial charge on any atom is 0.161 e. The zero-order valence-corrected chi connectivity index (χ0v) is 8.32. The summed E-state index contributed by atoms with van der Waals surface area (Å²) in [4.78, 5) is 14.9. The molecule has 4 nitrogen and oxygen atoms in total. The summed E-state index contributed by atoms with van der Waals surface area (Å²) in [6.45, 7) is 3.63. The number of aromatic nitrogens is 1. The van der Waals surface area contributed by atoms with E-state index >= 15 is 0 Å². The van der Waals surface area contributed by atoms with Crippen LogP contribution in [0.5, 0.6) is 0 Å². The van der Waals surface area contributed by atoms with Gasteiger partial charge >= 0.3 is 0 Å². The highest BCUT2D eigenvalue weighted by Crippen LogP contribution is 2.08. The van der Waals surface area contributed by atoms with Crippen LogP contribution >= 0.6 is 0 Å². The highest BCUT2D eigenvalue weighted by atomic mass is 16.3. The average Bonchev–Trinajstić information content (AvgIpc) is 2.15. The highest BCUT2D eigenvalue weighted by Gasteiger charge is 2.01. The van der Waals surface area contributed by atoms with Crippen molar-refractivity contribution in [3.05, 3.63) is 24.0 Å². The van der Waals surface area contributed by atoms with Crippen molar-refractivity contribution in [2.24, 2.45) is 0 Å². The summed E-state index contributed by atoms with van der Waals surface area (Å²) in [5, 5.41) is 12.0. The number of pyridine rings is 1. The molecule has 1 rings (SSSR count). The molecular formula is C10H14N2O2. The van der Waals surface area contributed by atoms with Gasteiger partial charge in [-0.1, -0.05) is 0 Å². The van der Waals surface area contributed by atoms with Gasteiger partial charge < -0.3 is 10.4 Å². The Labute approximate surface area is 83.0 Å². The van der Waals surface area contributed by atoms with Gasteiger partial charge in [0.15, 0.2) is 5.78 Å².